The first-order valence-electron chi connectivity index (χ1n) is 6.76. The lowest BCUT2D eigenvalue weighted by molar-refractivity contribution is -0.122. The highest BCUT2D eigenvalue weighted by molar-refractivity contribution is 5.91. The minimum Gasteiger partial charge on any atom is -0.497 e. The maximum atomic E-state index is 12.6. The van der Waals surface area contributed by atoms with Crippen LogP contribution in [0.3, 0.4) is 0 Å². The molecule has 0 aliphatic heterocycles. The Morgan fingerprint density at radius 3 is 2.40 bits per heavy atom. The van der Waals surface area contributed by atoms with E-state index in [1.807, 2.05) is 68.4 Å². The monoisotopic (exact) mass is 268 g/mol. The molecule has 0 radical (unpaired) electrons. The number of benzene rings is 2. The maximum Gasteiger partial charge on any atom is 0.147 e. The van der Waals surface area contributed by atoms with Gasteiger partial charge in [0, 0.05) is 11.8 Å². The molecule has 0 N–H and O–H groups in total. The van der Waals surface area contributed by atoms with Crippen molar-refractivity contribution in [1.82, 2.24) is 0 Å². The summed E-state index contributed by atoms with van der Waals surface area (Å²) in [6.07, 6.45) is 0.416. The Morgan fingerprint density at radius 2 is 1.75 bits per heavy atom. The summed E-state index contributed by atoms with van der Waals surface area (Å²) in [4.78, 5) is 12.6. The van der Waals surface area contributed by atoms with Crippen LogP contribution < -0.4 is 4.74 Å². The minimum atomic E-state index is -0.482. The van der Waals surface area contributed by atoms with Crippen LogP contribution in [0.5, 0.6) is 5.75 Å². The molecule has 0 amide bonds. The number of rotatable bonds is 5. The summed E-state index contributed by atoms with van der Waals surface area (Å²) < 4.78 is 5.20. The van der Waals surface area contributed by atoms with E-state index in [9.17, 15) is 4.79 Å². The van der Waals surface area contributed by atoms with Crippen LogP contribution in [0.1, 0.15) is 25.0 Å². The Labute approximate surface area is 120 Å². The molecule has 0 aliphatic carbocycles. The predicted octanol–water partition coefficient (Wildman–Crippen LogP) is 3.78. The van der Waals surface area contributed by atoms with Crippen molar-refractivity contribution < 1.29 is 9.53 Å². The fourth-order valence-corrected chi connectivity index (χ4v) is 2.20. The third-order valence-electron chi connectivity index (χ3n) is 3.69. The van der Waals surface area contributed by atoms with Crippen LogP contribution in [0.4, 0.5) is 0 Å². The minimum absolute atomic E-state index is 0.206. The summed E-state index contributed by atoms with van der Waals surface area (Å²) in [5.41, 5.74) is 1.55. The second-order valence-electron chi connectivity index (χ2n) is 5.44. The number of ketones is 1. The molecule has 0 aromatic heterocycles. The van der Waals surface area contributed by atoms with Crippen LogP contribution >= 0.6 is 0 Å². The standard InChI is InChI=1S/C18H20O2/c1-18(2,15-9-5-4-6-10-15)17(19)13-14-8-7-11-16(12-14)20-3/h4-12H,13H2,1-3H3. The number of ether oxygens (including phenoxy) is 1. The second-order valence-corrected chi connectivity index (χ2v) is 5.44. The molecule has 0 fully saturated rings. The van der Waals surface area contributed by atoms with Crippen LogP contribution in [0.15, 0.2) is 54.6 Å². The Hall–Kier alpha value is -2.09. The van der Waals surface area contributed by atoms with E-state index < -0.39 is 5.41 Å². The van der Waals surface area contributed by atoms with Gasteiger partial charge in [-0.15, -0.1) is 0 Å². The van der Waals surface area contributed by atoms with Gasteiger partial charge in [-0.25, -0.2) is 0 Å². The van der Waals surface area contributed by atoms with Gasteiger partial charge in [0.05, 0.1) is 7.11 Å². The zero-order valence-electron chi connectivity index (χ0n) is 12.2. The number of methoxy groups -OCH3 is 1. The highest BCUT2D eigenvalue weighted by Crippen LogP contribution is 2.26. The first-order valence-corrected chi connectivity index (χ1v) is 6.76. The fraction of sp³-hybridized carbons (Fsp3) is 0.278. The third-order valence-corrected chi connectivity index (χ3v) is 3.69. The SMILES string of the molecule is COc1cccc(CC(=O)C(C)(C)c2ccccc2)c1. The molecular weight excluding hydrogens is 248 g/mol. The van der Waals surface area contributed by atoms with E-state index >= 15 is 0 Å². The van der Waals surface area contributed by atoms with Crippen molar-refractivity contribution in [2.24, 2.45) is 0 Å². The van der Waals surface area contributed by atoms with E-state index in [0.29, 0.717) is 6.42 Å². The van der Waals surface area contributed by atoms with E-state index in [1.165, 1.54) is 0 Å². The normalized spacial score (nSPS) is 11.2. The molecule has 0 atom stereocenters. The molecule has 20 heavy (non-hydrogen) atoms. The summed E-state index contributed by atoms with van der Waals surface area (Å²) in [6, 6.07) is 17.6. The topological polar surface area (TPSA) is 26.3 Å². The van der Waals surface area contributed by atoms with E-state index in [2.05, 4.69) is 0 Å². The lowest BCUT2D eigenvalue weighted by Gasteiger charge is -2.23. The summed E-state index contributed by atoms with van der Waals surface area (Å²) in [7, 11) is 1.63. The van der Waals surface area contributed by atoms with E-state index in [0.717, 1.165) is 16.9 Å². The molecular formula is C18H20O2. The average molecular weight is 268 g/mol. The van der Waals surface area contributed by atoms with Gasteiger partial charge in [-0.2, -0.15) is 0 Å². The third kappa shape index (κ3) is 3.08. The van der Waals surface area contributed by atoms with Crippen molar-refractivity contribution in [3.05, 3.63) is 65.7 Å². The summed E-state index contributed by atoms with van der Waals surface area (Å²) in [5.74, 6) is 0.991. The smallest absolute Gasteiger partial charge is 0.147 e. The molecule has 0 unspecified atom stereocenters. The molecule has 2 nitrogen and oxygen atoms in total. The number of hydrogen-bond donors (Lipinski definition) is 0. The van der Waals surface area contributed by atoms with Gasteiger partial charge in [-0.3, -0.25) is 4.79 Å². The predicted molar refractivity (Wildman–Crippen MR) is 81.2 cm³/mol. The van der Waals surface area contributed by atoms with E-state index in [-0.39, 0.29) is 5.78 Å². The van der Waals surface area contributed by atoms with Gasteiger partial charge in [-0.1, -0.05) is 42.5 Å². The molecule has 2 rings (SSSR count). The van der Waals surface area contributed by atoms with Gasteiger partial charge in [-0.05, 0) is 37.1 Å². The van der Waals surface area contributed by atoms with Crippen LogP contribution in [0.25, 0.3) is 0 Å². The van der Waals surface area contributed by atoms with Crippen molar-refractivity contribution in [2.45, 2.75) is 25.7 Å². The molecule has 0 bridgehead atoms. The maximum absolute atomic E-state index is 12.6. The van der Waals surface area contributed by atoms with Crippen LogP contribution in [-0.4, -0.2) is 12.9 Å². The van der Waals surface area contributed by atoms with Crippen LogP contribution in [-0.2, 0) is 16.6 Å². The molecule has 2 aromatic carbocycles. The summed E-state index contributed by atoms with van der Waals surface area (Å²) >= 11 is 0. The Morgan fingerprint density at radius 1 is 1.05 bits per heavy atom. The largest absolute Gasteiger partial charge is 0.497 e. The number of carbonyl (C=O) groups is 1. The molecule has 0 saturated carbocycles. The first-order chi connectivity index (χ1) is 9.54. The molecule has 0 aliphatic rings. The lowest BCUT2D eigenvalue weighted by Crippen LogP contribution is -2.30. The Kier molecular flexibility index (Phi) is 4.23. The number of carbonyl (C=O) groups excluding carboxylic acids is 1. The van der Waals surface area contributed by atoms with E-state index in [4.69, 9.17) is 4.74 Å². The van der Waals surface area contributed by atoms with Gasteiger partial charge in [0.2, 0.25) is 0 Å². The Balaban J connectivity index is 2.19. The molecule has 104 valence electrons. The number of hydrogen-bond acceptors (Lipinski definition) is 2. The fourth-order valence-electron chi connectivity index (χ4n) is 2.20. The first kappa shape index (κ1) is 14.3. The van der Waals surface area contributed by atoms with Crippen LogP contribution in [0.2, 0.25) is 0 Å². The lowest BCUT2D eigenvalue weighted by atomic mass is 9.78. The second kappa shape index (κ2) is 5.91. The molecule has 0 spiro atoms. The molecule has 0 saturated heterocycles. The van der Waals surface area contributed by atoms with Crippen molar-refractivity contribution in [3.63, 3.8) is 0 Å². The van der Waals surface area contributed by atoms with Crippen molar-refractivity contribution in [2.75, 3.05) is 7.11 Å². The molecule has 0 heterocycles. The zero-order chi connectivity index (χ0) is 14.6. The van der Waals surface area contributed by atoms with Gasteiger partial charge < -0.3 is 4.74 Å². The van der Waals surface area contributed by atoms with Crippen molar-refractivity contribution >= 4 is 5.78 Å². The van der Waals surface area contributed by atoms with Gasteiger partial charge in [0.25, 0.3) is 0 Å². The van der Waals surface area contributed by atoms with Crippen LogP contribution in [0, 0.1) is 0 Å². The highest BCUT2D eigenvalue weighted by atomic mass is 16.5. The quantitative estimate of drug-likeness (QED) is 0.824. The number of Topliss-reactive ketones (excluding diaryl/α,β-unsaturated/α-hetero) is 1. The summed E-state index contributed by atoms with van der Waals surface area (Å²) in [5, 5.41) is 0. The van der Waals surface area contributed by atoms with Gasteiger partial charge >= 0.3 is 0 Å². The van der Waals surface area contributed by atoms with E-state index in [1.54, 1.807) is 7.11 Å². The average Bonchev–Trinajstić information content (AvgIpc) is 2.48. The summed E-state index contributed by atoms with van der Waals surface area (Å²) in [6.45, 7) is 3.95. The Bertz CT molecular complexity index is 585. The zero-order valence-corrected chi connectivity index (χ0v) is 12.2. The van der Waals surface area contributed by atoms with Gasteiger partial charge in [0.1, 0.15) is 11.5 Å². The molecule has 2 aromatic rings. The van der Waals surface area contributed by atoms with Gasteiger partial charge in [0.15, 0.2) is 0 Å². The van der Waals surface area contributed by atoms with Crippen molar-refractivity contribution in [3.8, 4) is 5.75 Å². The molecule has 2 heteroatoms. The van der Waals surface area contributed by atoms with Crippen molar-refractivity contribution in [1.29, 1.82) is 0 Å². The highest BCUT2D eigenvalue weighted by Gasteiger charge is 2.29.